The Morgan fingerprint density at radius 2 is 0.567 bits per heavy atom. The smallest absolute Gasteiger partial charge is 0.416 e. The van der Waals surface area contributed by atoms with Crippen molar-refractivity contribution in [1.82, 2.24) is 19.9 Å². The van der Waals surface area contributed by atoms with Gasteiger partial charge in [0, 0.05) is 44.3 Å². The lowest BCUT2D eigenvalue weighted by Crippen LogP contribution is -2.65. The van der Waals surface area contributed by atoms with E-state index in [1.54, 1.807) is 6.07 Å². The number of hydrogen-bond acceptors (Lipinski definition) is 37. The number of aromatic amines is 2. The summed E-state index contributed by atoms with van der Waals surface area (Å²) in [6.45, 7) is -5.60. The molecule has 127 heavy (non-hydrogen) atoms. The molecule has 0 spiro atoms. The molecule has 32 atom stereocenters. The Kier molecular flexibility index (Phi) is 27.7. The van der Waals surface area contributed by atoms with Crippen molar-refractivity contribution in [2.75, 3.05) is 39.6 Å². The second-order valence-electron chi connectivity index (χ2n) is 31.3. The third-order valence-electron chi connectivity index (χ3n) is 23.1. The fourth-order valence-corrected chi connectivity index (χ4v) is 16.4. The molecule has 25 N–H and O–H groups in total. The van der Waals surface area contributed by atoms with Gasteiger partial charge in [0.1, 0.15) is 176 Å². The van der Waals surface area contributed by atoms with Crippen LogP contribution in [-0.4, -0.2) is 361 Å². The molecule has 4 aromatic carbocycles. The minimum absolute atomic E-state index is 0.00587. The summed E-state index contributed by atoms with van der Waals surface area (Å²) in [5.41, 5.74) is -6.98. The normalized spacial score (nSPS) is 35.5. The van der Waals surface area contributed by atoms with E-state index in [1.165, 1.54) is 103 Å². The van der Waals surface area contributed by atoms with E-state index in [9.17, 15) is 117 Å². The van der Waals surface area contributed by atoms with Crippen LogP contribution >= 0.6 is 0 Å². The molecule has 45 heteroatoms. The first-order valence-corrected chi connectivity index (χ1v) is 39.7. The number of aliphatic hydroxyl groups is 23. The van der Waals surface area contributed by atoms with E-state index < -0.39 is 282 Å². The summed E-state index contributed by atoms with van der Waals surface area (Å²) in [4.78, 5) is 16.3. The van der Waals surface area contributed by atoms with Crippen LogP contribution in [0.15, 0.2) is 115 Å². The second kappa shape index (κ2) is 37.7. The number of ether oxygens (including phenoxy) is 12. The summed E-state index contributed by atoms with van der Waals surface area (Å²) in [5, 5.41) is 252. The molecule has 0 radical (unpaired) electrons. The van der Waals surface area contributed by atoms with Gasteiger partial charge in [-0.1, -0.05) is 36.4 Å². The van der Waals surface area contributed by atoms with Gasteiger partial charge in [0.25, 0.3) is 0 Å². The number of benzene rings is 4. The van der Waals surface area contributed by atoms with Gasteiger partial charge in [0.15, 0.2) is 18.9 Å². The second-order valence-corrected chi connectivity index (χ2v) is 31.3. The predicted molar refractivity (Wildman–Crippen MR) is 413 cm³/mol. The highest BCUT2D eigenvalue weighted by Gasteiger charge is 2.56. The van der Waals surface area contributed by atoms with E-state index in [-0.39, 0.29) is 90.2 Å². The average molecular weight is 1810 g/mol. The van der Waals surface area contributed by atoms with Gasteiger partial charge in [-0.2, -0.15) is 26.3 Å². The summed E-state index contributed by atoms with van der Waals surface area (Å²) in [6, 6.07) is 22.5. The fourth-order valence-electron chi connectivity index (χ4n) is 16.4. The van der Waals surface area contributed by atoms with Crippen LogP contribution in [0.3, 0.4) is 0 Å². The molecule has 11 heterocycles. The monoisotopic (exact) mass is 1800 g/mol. The maximum Gasteiger partial charge on any atom is 0.416 e. The van der Waals surface area contributed by atoms with Crippen molar-refractivity contribution in [1.29, 1.82) is 0 Å². The molecule has 3 aromatic heterocycles. The zero-order chi connectivity index (χ0) is 91.0. The van der Waals surface area contributed by atoms with Crippen molar-refractivity contribution in [3.8, 4) is 61.8 Å². The Morgan fingerprint density at radius 1 is 0.291 bits per heavy atom. The Bertz CT molecular complexity index is 5210. The first-order chi connectivity index (χ1) is 60.4. The number of hydrogen-bond donors (Lipinski definition) is 25. The SMILES string of the molecule is OCC1O[C@@H](O[C@@H]2C(CO)O[C@@H](Oc3cccc(-c4c5nc(c(-c6cccc(O[C@@H]7OC(CO)[C@@H](O[C@@H]8OC(CO)[C@H](O)C(O)C8O)C(O)C7O)c6)c6ccc([nH]6)c(-c6cc(C(F)(F)F)cc(C(F)(F)F)c6)c6nc(c(-c7cccc(O[C@@H]8OC(CO)[C@@H](O[C@@H]9OC(CO)[C@H](O)C(O)C9O)C(O)C8O)c7)c7ccc4[nH]7)C(O)C6O)C=C5)c3)C(O)C2O)C(O)C(O)[C@H]1O. The van der Waals surface area contributed by atoms with E-state index in [0.717, 1.165) is 0 Å². The maximum absolute atomic E-state index is 15.2. The number of aromatic nitrogens is 4. The van der Waals surface area contributed by atoms with Gasteiger partial charge in [-0.25, -0.2) is 4.98 Å². The van der Waals surface area contributed by atoms with Crippen LogP contribution in [0.2, 0.25) is 0 Å². The van der Waals surface area contributed by atoms with Crippen LogP contribution < -0.4 is 14.2 Å². The summed E-state index contributed by atoms with van der Waals surface area (Å²) >= 11 is 0. The zero-order valence-corrected chi connectivity index (χ0v) is 65.7. The van der Waals surface area contributed by atoms with Crippen LogP contribution in [0.4, 0.5) is 26.3 Å². The average Bonchev–Trinajstić information content (AvgIpc) is 1.61. The Hall–Kier alpha value is -8.56. The molecule has 8 bridgehead atoms. The van der Waals surface area contributed by atoms with Crippen LogP contribution in [0, 0.1) is 0 Å². The molecule has 20 unspecified atom stereocenters. The molecule has 0 amide bonds. The summed E-state index contributed by atoms with van der Waals surface area (Å²) < 4.78 is 161. The van der Waals surface area contributed by atoms with E-state index >= 15 is 26.3 Å². The van der Waals surface area contributed by atoms with Crippen LogP contribution in [0.25, 0.3) is 78.7 Å². The molecular formula is C82H90F6N4O35. The summed E-state index contributed by atoms with van der Waals surface area (Å²) in [7, 11) is 0. The lowest BCUT2D eigenvalue weighted by molar-refractivity contribution is -0.352. The number of alkyl halides is 6. The highest BCUT2D eigenvalue weighted by molar-refractivity contribution is 5.98. The third kappa shape index (κ3) is 18.3. The summed E-state index contributed by atoms with van der Waals surface area (Å²) in [6.07, 6.45) is -68.9. The summed E-state index contributed by atoms with van der Waals surface area (Å²) in [5.74, 6) is -0.623. The molecule has 0 aliphatic carbocycles. The molecule has 690 valence electrons. The van der Waals surface area contributed by atoms with Gasteiger partial charge < -0.3 is 184 Å². The Labute approximate surface area is 711 Å². The third-order valence-corrected chi connectivity index (χ3v) is 23.1. The van der Waals surface area contributed by atoms with Gasteiger partial charge in [-0.05, 0) is 113 Å². The maximum atomic E-state index is 15.2. The van der Waals surface area contributed by atoms with Gasteiger partial charge in [0.2, 0.25) is 18.9 Å². The van der Waals surface area contributed by atoms with Crippen LogP contribution in [-0.2, 0) is 55.0 Å². The van der Waals surface area contributed by atoms with Crippen LogP contribution in [0.1, 0.15) is 46.1 Å². The van der Waals surface area contributed by atoms with Crippen molar-refractivity contribution >= 4 is 34.2 Å². The van der Waals surface area contributed by atoms with Crippen molar-refractivity contribution in [3.63, 3.8) is 0 Å². The van der Waals surface area contributed by atoms with Crippen molar-refractivity contribution in [2.45, 2.75) is 209 Å². The largest absolute Gasteiger partial charge is 0.462 e. The Balaban J connectivity index is 0.889. The topological polar surface area (TPSA) is 633 Å². The highest BCUT2D eigenvalue weighted by atomic mass is 19.4. The van der Waals surface area contributed by atoms with E-state index in [0.29, 0.717) is 12.1 Å². The molecule has 8 aliphatic rings. The van der Waals surface area contributed by atoms with E-state index in [4.69, 9.17) is 66.8 Å². The minimum atomic E-state index is -5.50. The van der Waals surface area contributed by atoms with Crippen LogP contribution in [0.5, 0.6) is 17.2 Å². The van der Waals surface area contributed by atoms with E-state index in [1.807, 2.05) is 0 Å². The minimum Gasteiger partial charge on any atom is -0.462 e. The highest BCUT2D eigenvalue weighted by Crippen LogP contribution is 2.49. The van der Waals surface area contributed by atoms with Gasteiger partial charge in [-0.3, -0.25) is 4.98 Å². The molecule has 6 saturated heterocycles. The number of fused-ring (bicyclic) bond motifs is 8. The Morgan fingerprint density at radius 3 is 0.866 bits per heavy atom. The van der Waals surface area contributed by atoms with Crippen molar-refractivity contribution in [3.05, 3.63) is 149 Å². The number of nitrogens with zero attached hydrogens (tertiary/aromatic N) is 2. The van der Waals surface area contributed by atoms with Crippen molar-refractivity contribution in [2.24, 2.45) is 0 Å². The van der Waals surface area contributed by atoms with Gasteiger partial charge in [0.05, 0.1) is 73.5 Å². The van der Waals surface area contributed by atoms with Gasteiger partial charge >= 0.3 is 12.4 Å². The number of rotatable bonds is 22. The fraction of sp³-hybridized carbons (Fsp3) is 0.488. The lowest BCUT2D eigenvalue weighted by atomic mass is 9.95. The zero-order valence-electron chi connectivity index (χ0n) is 65.7. The number of H-pyrrole nitrogens is 2. The number of aliphatic hydroxyl groups excluding tert-OH is 23. The van der Waals surface area contributed by atoms with E-state index in [2.05, 4.69) is 9.97 Å². The first-order valence-electron chi connectivity index (χ1n) is 39.7. The molecule has 15 rings (SSSR count). The molecule has 39 nitrogen and oxygen atoms in total. The predicted octanol–water partition coefficient (Wildman–Crippen LogP) is -3.03. The number of halogens is 6. The quantitative estimate of drug-likeness (QED) is 0.0300. The van der Waals surface area contributed by atoms with Crippen molar-refractivity contribution < 1.29 is 201 Å². The number of nitrogens with one attached hydrogen (secondary N) is 2. The standard InChI is InChI=1S/C82H90F6N4O35/c83-81(84,85)32-16-31(17-33(21-32)82(86,87)88)52-42-15-13-40(91-42)50(29-5-2-8-35(19-29)117-76-70(114)64(108)73(47(26-97)123-76)126-79-67(111)61(105)56(100)44(23-94)120-79)38-11-10-37(89-38)49(28-4-1-7-34(18-28)116-75-69(113)63(107)72(46(25-96)122-75)125-78-66(110)60(104)55(99)43(22-93)119-78)39-12-14-41(90-39)51(53-58(102)59(103)54(52)92-53)30-6-3-9-36(20-30)118-77-71(115)65(109)74(48(27-98)124-77)127-80-68(112)62(106)57(101)45(24-95)121-80/h1-21,43-48,55-80,90-91,93-115H,22-27H2/t43?,44?,45?,46?,47?,48?,55-,56-,57-,58?,59?,60?,61?,62?,63?,64?,65?,66?,67?,68?,69?,70?,71?,72+,73+,74+,75+,76+,77+,78-,79-,80-/m0/s1. The molecule has 0 saturated carbocycles. The molecule has 7 aromatic rings. The first kappa shape index (κ1) is 93.1. The lowest BCUT2D eigenvalue weighted by Gasteiger charge is -2.45. The molecule has 8 aliphatic heterocycles. The molecule has 6 fully saturated rings. The van der Waals surface area contributed by atoms with Gasteiger partial charge in [-0.15, -0.1) is 0 Å². The molecular weight excluding hydrogens is 1710 g/mol.